The number of aliphatic hydroxyl groups excluding tert-OH is 1. The van der Waals surface area contributed by atoms with Gasteiger partial charge >= 0.3 is 0 Å². The zero-order valence-corrected chi connectivity index (χ0v) is 16.1. The highest BCUT2D eigenvalue weighted by Gasteiger charge is 2.14. The van der Waals surface area contributed by atoms with Crippen molar-refractivity contribution >= 4 is 11.1 Å². The summed E-state index contributed by atoms with van der Waals surface area (Å²) in [7, 11) is 0. The number of nitrogens with zero attached hydrogens (tertiary/aromatic N) is 3. The number of rotatable bonds is 9. The molecular weight excluding hydrogens is 362 g/mol. The van der Waals surface area contributed by atoms with Gasteiger partial charge in [-0.3, -0.25) is 0 Å². The van der Waals surface area contributed by atoms with Crippen LogP contribution in [-0.2, 0) is 0 Å². The van der Waals surface area contributed by atoms with Crippen molar-refractivity contribution in [2.24, 2.45) is 5.11 Å². The maximum atomic E-state index is 8.95. The lowest BCUT2D eigenvalue weighted by molar-refractivity contribution is 0.201. The van der Waals surface area contributed by atoms with Crippen molar-refractivity contribution in [3.8, 4) is 5.75 Å². The zero-order valence-electron chi connectivity index (χ0n) is 16.1. The predicted octanol–water partition coefficient (Wildman–Crippen LogP) is 5.72. The first-order valence-corrected chi connectivity index (χ1v) is 9.52. The van der Waals surface area contributed by atoms with E-state index < -0.39 is 0 Å². The molecule has 0 heterocycles. The molecule has 0 aliphatic rings. The van der Waals surface area contributed by atoms with Crippen molar-refractivity contribution in [3.05, 3.63) is 112 Å². The molecule has 0 atom stereocenters. The van der Waals surface area contributed by atoms with Crippen LogP contribution in [0.1, 0.15) is 23.1 Å². The van der Waals surface area contributed by atoms with Crippen LogP contribution in [0.25, 0.3) is 21.6 Å². The number of hydrogen-bond donors (Lipinski definition) is 1. The molecule has 0 saturated heterocycles. The molecule has 146 valence electrons. The van der Waals surface area contributed by atoms with Gasteiger partial charge in [-0.25, -0.2) is 0 Å². The Hall–Kier alpha value is -3.53. The monoisotopic (exact) mass is 385 g/mol. The molecule has 0 aliphatic heterocycles. The average molecular weight is 385 g/mol. The molecule has 0 aliphatic carbocycles. The molecule has 0 spiro atoms. The Kier molecular flexibility index (Phi) is 7.47. The van der Waals surface area contributed by atoms with Gasteiger partial charge < -0.3 is 9.84 Å². The van der Waals surface area contributed by atoms with Crippen molar-refractivity contribution in [1.82, 2.24) is 0 Å². The van der Waals surface area contributed by atoms with E-state index in [9.17, 15) is 0 Å². The fraction of sp³-hybridized carbons (Fsp3) is 0.167. The van der Waals surface area contributed by atoms with Crippen LogP contribution in [-0.4, -0.2) is 24.9 Å². The van der Waals surface area contributed by atoms with Crippen LogP contribution in [0.2, 0.25) is 0 Å². The van der Waals surface area contributed by atoms with E-state index in [-0.39, 0.29) is 13.2 Å². The second-order valence-electron chi connectivity index (χ2n) is 6.39. The lowest BCUT2D eigenvalue weighted by Crippen LogP contribution is -2.02. The minimum absolute atomic E-state index is 0.0194. The Morgan fingerprint density at radius 1 is 0.828 bits per heavy atom. The molecule has 0 saturated carbocycles. The standard InChI is InChI=1S/C24H23N3O2/c25-27-26-16-15-23(19-7-3-1-4-8-19)24(20-9-5-2-6-10-20)21-11-13-22(14-12-21)29-18-17-28/h1-14,28H,15-18H2/b24-23-. The molecule has 5 heteroatoms. The molecule has 0 bridgehead atoms. The summed E-state index contributed by atoms with van der Waals surface area (Å²) < 4.78 is 5.50. The molecule has 29 heavy (non-hydrogen) atoms. The van der Waals surface area contributed by atoms with Crippen LogP contribution < -0.4 is 4.74 Å². The molecule has 0 radical (unpaired) electrons. The van der Waals surface area contributed by atoms with Gasteiger partial charge in [-0.15, -0.1) is 0 Å². The molecule has 0 amide bonds. The van der Waals surface area contributed by atoms with Gasteiger partial charge in [-0.2, -0.15) is 0 Å². The van der Waals surface area contributed by atoms with Gasteiger partial charge in [0.1, 0.15) is 12.4 Å². The SMILES string of the molecule is [N-]=[N+]=NCC/C(=C(\c1ccccc1)c1ccc(OCCO)cc1)c1ccccc1. The van der Waals surface area contributed by atoms with Crippen LogP contribution in [0.15, 0.2) is 90.0 Å². The summed E-state index contributed by atoms with van der Waals surface area (Å²) in [6.07, 6.45) is 0.626. The molecular formula is C24H23N3O2. The molecule has 0 fully saturated rings. The second-order valence-corrected chi connectivity index (χ2v) is 6.39. The Morgan fingerprint density at radius 2 is 1.41 bits per heavy atom. The molecule has 3 aromatic carbocycles. The van der Waals surface area contributed by atoms with E-state index in [1.54, 1.807) is 0 Å². The summed E-state index contributed by atoms with van der Waals surface area (Å²) in [6, 6.07) is 28.2. The Labute approximate surface area is 170 Å². The fourth-order valence-electron chi connectivity index (χ4n) is 3.26. The van der Waals surface area contributed by atoms with Gasteiger partial charge in [-0.05, 0) is 51.9 Å². The fourth-order valence-corrected chi connectivity index (χ4v) is 3.26. The lowest BCUT2D eigenvalue weighted by atomic mass is 9.88. The third-order valence-electron chi connectivity index (χ3n) is 4.51. The number of hydrogen-bond acceptors (Lipinski definition) is 3. The van der Waals surface area contributed by atoms with Crippen molar-refractivity contribution in [3.63, 3.8) is 0 Å². The first-order valence-electron chi connectivity index (χ1n) is 9.52. The van der Waals surface area contributed by atoms with E-state index in [4.69, 9.17) is 15.4 Å². The van der Waals surface area contributed by atoms with Gasteiger partial charge in [-0.1, -0.05) is 77.9 Å². The minimum atomic E-state index is -0.0194. The highest BCUT2D eigenvalue weighted by Crippen LogP contribution is 2.35. The molecule has 1 N–H and O–H groups in total. The third kappa shape index (κ3) is 5.48. The van der Waals surface area contributed by atoms with Gasteiger partial charge in [0, 0.05) is 11.5 Å². The number of ether oxygens (including phenoxy) is 1. The summed E-state index contributed by atoms with van der Waals surface area (Å²) in [5, 5.41) is 12.7. The van der Waals surface area contributed by atoms with E-state index >= 15 is 0 Å². The number of azide groups is 1. The Morgan fingerprint density at radius 3 is 2.00 bits per heavy atom. The molecule has 5 nitrogen and oxygen atoms in total. The quantitative estimate of drug-likeness (QED) is 0.221. The molecule has 3 aromatic rings. The minimum Gasteiger partial charge on any atom is -0.491 e. The van der Waals surface area contributed by atoms with Crippen molar-refractivity contribution < 1.29 is 9.84 Å². The van der Waals surface area contributed by atoms with Gasteiger partial charge in [0.15, 0.2) is 0 Å². The third-order valence-corrected chi connectivity index (χ3v) is 4.51. The number of aliphatic hydroxyl groups is 1. The van der Waals surface area contributed by atoms with E-state index in [0.29, 0.717) is 18.7 Å². The van der Waals surface area contributed by atoms with Gasteiger partial charge in [0.25, 0.3) is 0 Å². The predicted molar refractivity (Wildman–Crippen MR) is 116 cm³/mol. The number of benzene rings is 3. The second kappa shape index (κ2) is 10.7. The first kappa shape index (κ1) is 20.2. The normalized spacial score (nSPS) is 11.3. The zero-order chi connectivity index (χ0) is 20.3. The first-order chi connectivity index (χ1) is 14.3. The summed E-state index contributed by atoms with van der Waals surface area (Å²) >= 11 is 0. The average Bonchev–Trinajstić information content (AvgIpc) is 2.79. The van der Waals surface area contributed by atoms with E-state index in [2.05, 4.69) is 34.3 Å². The summed E-state index contributed by atoms with van der Waals surface area (Å²) in [4.78, 5) is 2.91. The topological polar surface area (TPSA) is 78.2 Å². The Balaban J connectivity index is 2.14. The highest BCUT2D eigenvalue weighted by atomic mass is 16.5. The van der Waals surface area contributed by atoms with E-state index in [0.717, 1.165) is 27.8 Å². The largest absolute Gasteiger partial charge is 0.491 e. The maximum absolute atomic E-state index is 8.95. The maximum Gasteiger partial charge on any atom is 0.119 e. The summed E-state index contributed by atoms with van der Waals surface area (Å²) in [5.74, 6) is 0.713. The van der Waals surface area contributed by atoms with Crippen LogP contribution in [0, 0.1) is 0 Å². The van der Waals surface area contributed by atoms with E-state index in [1.165, 1.54) is 0 Å². The van der Waals surface area contributed by atoms with Crippen molar-refractivity contribution in [2.75, 3.05) is 19.8 Å². The molecule has 0 unspecified atom stereocenters. The highest BCUT2D eigenvalue weighted by molar-refractivity contribution is 5.98. The van der Waals surface area contributed by atoms with Crippen LogP contribution >= 0.6 is 0 Å². The Bertz CT molecular complexity index is 978. The smallest absolute Gasteiger partial charge is 0.119 e. The molecule has 0 aromatic heterocycles. The van der Waals surface area contributed by atoms with E-state index in [1.807, 2.05) is 60.7 Å². The van der Waals surface area contributed by atoms with Crippen LogP contribution in [0.3, 0.4) is 0 Å². The van der Waals surface area contributed by atoms with Gasteiger partial charge in [0.2, 0.25) is 0 Å². The van der Waals surface area contributed by atoms with Crippen molar-refractivity contribution in [2.45, 2.75) is 6.42 Å². The summed E-state index contributed by atoms with van der Waals surface area (Å²) in [6.45, 7) is 0.630. The van der Waals surface area contributed by atoms with Crippen LogP contribution in [0.4, 0.5) is 0 Å². The van der Waals surface area contributed by atoms with Crippen molar-refractivity contribution in [1.29, 1.82) is 0 Å². The lowest BCUT2D eigenvalue weighted by Gasteiger charge is -2.17. The van der Waals surface area contributed by atoms with Gasteiger partial charge in [0.05, 0.1) is 6.61 Å². The molecule has 3 rings (SSSR count). The summed E-state index contributed by atoms with van der Waals surface area (Å²) in [5.41, 5.74) is 14.2. The van der Waals surface area contributed by atoms with Crippen LogP contribution in [0.5, 0.6) is 5.75 Å².